The Morgan fingerprint density at radius 2 is 1.58 bits per heavy atom. The fourth-order valence-corrected chi connectivity index (χ4v) is 3.40. The summed E-state index contributed by atoms with van der Waals surface area (Å²) in [5, 5.41) is 5.99. The van der Waals surface area contributed by atoms with Gasteiger partial charge in [-0.2, -0.15) is 0 Å². The molecule has 2 amide bonds. The molecule has 0 unspecified atom stereocenters. The molecule has 136 valence electrons. The van der Waals surface area contributed by atoms with Gasteiger partial charge in [0.25, 0.3) is 11.8 Å². The van der Waals surface area contributed by atoms with E-state index in [0.29, 0.717) is 11.1 Å². The van der Waals surface area contributed by atoms with Gasteiger partial charge in [-0.3, -0.25) is 14.6 Å². The van der Waals surface area contributed by atoms with Crippen molar-refractivity contribution in [1.29, 1.82) is 0 Å². The molecule has 1 aromatic heterocycles. The number of carbonyl (C=O) groups is 2. The molecule has 2 N–H and O–H groups in total. The fraction of sp³-hybridized carbons (Fsp3) is 0.381. The standard InChI is InChI=1S/C21H25N3O2/c1-14-7-6-8-15(2)19(14)24-21(26)17-11-16(12-22-13-17)20(25)23-18-9-4-3-5-10-18/h6-8,11-13,18H,3-5,9-10H2,1-2H3,(H,23,25)(H,24,26). The van der Waals surface area contributed by atoms with Crippen LogP contribution in [0.3, 0.4) is 0 Å². The minimum Gasteiger partial charge on any atom is -0.349 e. The predicted octanol–water partition coefficient (Wildman–Crippen LogP) is 4.01. The minimum absolute atomic E-state index is 0.161. The van der Waals surface area contributed by atoms with Gasteiger partial charge >= 0.3 is 0 Å². The molecule has 0 saturated heterocycles. The van der Waals surface area contributed by atoms with Crippen LogP contribution >= 0.6 is 0 Å². The second kappa shape index (κ2) is 8.13. The number of benzene rings is 1. The van der Waals surface area contributed by atoms with Crippen molar-refractivity contribution < 1.29 is 9.59 Å². The monoisotopic (exact) mass is 351 g/mol. The molecule has 1 aliphatic rings. The van der Waals surface area contributed by atoms with Crippen molar-refractivity contribution in [3.63, 3.8) is 0 Å². The number of nitrogens with zero attached hydrogens (tertiary/aromatic N) is 1. The Morgan fingerprint density at radius 1 is 0.962 bits per heavy atom. The number of amides is 2. The topological polar surface area (TPSA) is 71.1 Å². The van der Waals surface area contributed by atoms with Crippen LogP contribution < -0.4 is 10.6 Å². The lowest BCUT2D eigenvalue weighted by molar-refractivity contribution is 0.0927. The molecule has 0 bridgehead atoms. The number of para-hydroxylation sites is 1. The summed E-state index contributed by atoms with van der Waals surface area (Å²) in [4.78, 5) is 29.2. The Morgan fingerprint density at radius 3 is 2.23 bits per heavy atom. The summed E-state index contributed by atoms with van der Waals surface area (Å²) in [6.45, 7) is 3.91. The molecule has 1 fully saturated rings. The first-order valence-corrected chi connectivity index (χ1v) is 9.18. The van der Waals surface area contributed by atoms with Crippen molar-refractivity contribution in [1.82, 2.24) is 10.3 Å². The molecule has 5 nitrogen and oxygen atoms in total. The highest BCUT2D eigenvalue weighted by Gasteiger charge is 2.18. The van der Waals surface area contributed by atoms with Crippen molar-refractivity contribution >= 4 is 17.5 Å². The van der Waals surface area contributed by atoms with Crippen LogP contribution in [0.2, 0.25) is 0 Å². The van der Waals surface area contributed by atoms with E-state index in [1.807, 2.05) is 32.0 Å². The number of pyridine rings is 1. The number of carbonyl (C=O) groups excluding carboxylic acids is 2. The van der Waals surface area contributed by atoms with E-state index < -0.39 is 0 Å². The quantitative estimate of drug-likeness (QED) is 0.874. The van der Waals surface area contributed by atoms with Gasteiger partial charge < -0.3 is 10.6 Å². The van der Waals surface area contributed by atoms with Crippen LogP contribution in [0.1, 0.15) is 63.9 Å². The molecule has 1 heterocycles. The molecule has 0 radical (unpaired) electrons. The zero-order chi connectivity index (χ0) is 18.5. The van der Waals surface area contributed by atoms with Gasteiger partial charge in [-0.25, -0.2) is 0 Å². The van der Waals surface area contributed by atoms with E-state index in [9.17, 15) is 9.59 Å². The van der Waals surface area contributed by atoms with E-state index in [0.717, 1.165) is 42.5 Å². The van der Waals surface area contributed by atoms with Gasteiger partial charge in [0.15, 0.2) is 0 Å². The average Bonchev–Trinajstić information content (AvgIpc) is 2.65. The zero-order valence-electron chi connectivity index (χ0n) is 15.3. The second-order valence-corrected chi connectivity index (χ2v) is 6.99. The van der Waals surface area contributed by atoms with Gasteiger partial charge in [0, 0.05) is 24.1 Å². The number of hydrogen-bond acceptors (Lipinski definition) is 3. The van der Waals surface area contributed by atoms with Crippen LogP contribution in [0.4, 0.5) is 5.69 Å². The second-order valence-electron chi connectivity index (χ2n) is 6.99. The number of aromatic nitrogens is 1. The molecule has 5 heteroatoms. The summed E-state index contributed by atoms with van der Waals surface area (Å²) in [6.07, 6.45) is 8.58. The third-order valence-electron chi connectivity index (χ3n) is 4.92. The lowest BCUT2D eigenvalue weighted by Gasteiger charge is -2.22. The molecule has 26 heavy (non-hydrogen) atoms. The largest absolute Gasteiger partial charge is 0.349 e. The lowest BCUT2D eigenvalue weighted by atomic mass is 9.95. The Balaban J connectivity index is 1.72. The fourth-order valence-electron chi connectivity index (χ4n) is 3.40. The summed E-state index contributed by atoms with van der Waals surface area (Å²) in [6, 6.07) is 7.69. The van der Waals surface area contributed by atoms with E-state index in [-0.39, 0.29) is 17.9 Å². The highest BCUT2D eigenvalue weighted by atomic mass is 16.2. The molecular weight excluding hydrogens is 326 g/mol. The molecule has 0 spiro atoms. The van der Waals surface area contributed by atoms with Crippen LogP contribution in [0.25, 0.3) is 0 Å². The third-order valence-corrected chi connectivity index (χ3v) is 4.92. The van der Waals surface area contributed by atoms with E-state index in [1.165, 1.54) is 18.8 Å². The van der Waals surface area contributed by atoms with Crippen molar-refractivity contribution in [3.8, 4) is 0 Å². The first-order valence-electron chi connectivity index (χ1n) is 9.18. The summed E-state index contributed by atoms with van der Waals surface area (Å²) >= 11 is 0. The normalized spacial score (nSPS) is 14.7. The van der Waals surface area contributed by atoms with Gasteiger partial charge in [-0.15, -0.1) is 0 Å². The van der Waals surface area contributed by atoms with E-state index in [2.05, 4.69) is 15.6 Å². The molecule has 1 saturated carbocycles. The van der Waals surface area contributed by atoms with Gasteiger partial charge in [0.1, 0.15) is 0 Å². The molecule has 0 atom stereocenters. The van der Waals surface area contributed by atoms with Gasteiger partial charge in [-0.05, 0) is 43.9 Å². The maximum Gasteiger partial charge on any atom is 0.257 e. The van der Waals surface area contributed by atoms with Crippen LogP contribution in [0, 0.1) is 13.8 Å². The number of hydrogen-bond donors (Lipinski definition) is 2. The van der Waals surface area contributed by atoms with E-state index >= 15 is 0 Å². The lowest BCUT2D eigenvalue weighted by Crippen LogP contribution is -2.36. The summed E-state index contributed by atoms with van der Waals surface area (Å²) in [5.74, 6) is -0.423. The van der Waals surface area contributed by atoms with Gasteiger partial charge in [0.2, 0.25) is 0 Å². The van der Waals surface area contributed by atoms with Crippen LogP contribution in [0.5, 0.6) is 0 Å². The van der Waals surface area contributed by atoms with Crippen LogP contribution in [0.15, 0.2) is 36.7 Å². The SMILES string of the molecule is Cc1cccc(C)c1NC(=O)c1cncc(C(=O)NC2CCCCC2)c1. The number of rotatable bonds is 4. The Hall–Kier alpha value is -2.69. The first kappa shape index (κ1) is 18.1. The van der Waals surface area contributed by atoms with E-state index in [4.69, 9.17) is 0 Å². The number of anilines is 1. The Bertz CT molecular complexity index is 790. The number of aryl methyl sites for hydroxylation is 2. The average molecular weight is 351 g/mol. The predicted molar refractivity (Wildman–Crippen MR) is 102 cm³/mol. The summed E-state index contributed by atoms with van der Waals surface area (Å²) < 4.78 is 0. The Labute approximate surface area is 154 Å². The van der Waals surface area contributed by atoms with Gasteiger partial charge in [0.05, 0.1) is 11.1 Å². The highest BCUT2D eigenvalue weighted by molar-refractivity contribution is 6.06. The number of nitrogens with one attached hydrogen (secondary N) is 2. The first-order chi connectivity index (χ1) is 12.5. The molecular formula is C21H25N3O2. The van der Waals surface area contributed by atoms with Crippen molar-refractivity contribution in [2.75, 3.05) is 5.32 Å². The van der Waals surface area contributed by atoms with Crippen LogP contribution in [-0.2, 0) is 0 Å². The van der Waals surface area contributed by atoms with Crippen LogP contribution in [-0.4, -0.2) is 22.8 Å². The van der Waals surface area contributed by atoms with Crippen molar-refractivity contribution in [2.24, 2.45) is 0 Å². The van der Waals surface area contributed by atoms with Crippen molar-refractivity contribution in [2.45, 2.75) is 52.0 Å². The zero-order valence-corrected chi connectivity index (χ0v) is 15.3. The maximum absolute atomic E-state index is 12.6. The van der Waals surface area contributed by atoms with E-state index in [1.54, 1.807) is 6.07 Å². The third kappa shape index (κ3) is 4.28. The minimum atomic E-state index is -0.262. The van der Waals surface area contributed by atoms with Gasteiger partial charge in [-0.1, -0.05) is 37.5 Å². The smallest absolute Gasteiger partial charge is 0.257 e. The Kier molecular flexibility index (Phi) is 5.66. The van der Waals surface area contributed by atoms with Crippen molar-refractivity contribution in [3.05, 3.63) is 58.9 Å². The summed E-state index contributed by atoms with van der Waals surface area (Å²) in [5.41, 5.74) is 3.60. The molecule has 2 aromatic rings. The molecule has 1 aromatic carbocycles. The molecule has 1 aliphatic carbocycles. The molecule has 3 rings (SSSR count). The maximum atomic E-state index is 12.6. The molecule has 0 aliphatic heterocycles. The highest BCUT2D eigenvalue weighted by Crippen LogP contribution is 2.21. The summed E-state index contributed by atoms with van der Waals surface area (Å²) in [7, 11) is 0.